The molecule has 1 N–H and O–H groups in total. The van der Waals surface area contributed by atoms with Gasteiger partial charge in [-0.2, -0.15) is 0 Å². The first-order chi connectivity index (χ1) is 14.0. The Bertz CT molecular complexity index is 1190. The molecule has 1 atom stereocenters. The van der Waals surface area contributed by atoms with Crippen molar-refractivity contribution in [3.05, 3.63) is 52.7 Å². The first-order valence-electron chi connectivity index (χ1n) is 9.80. The molecule has 5 nitrogen and oxygen atoms in total. The number of aryl methyl sites for hydroxylation is 3. The lowest BCUT2D eigenvalue weighted by Gasteiger charge is -2.16. The molecular weight excluding hydrogens is 400 g/mol. The van der Waals surface area contributed by atoms with Crippen molar-refractivity contribution >= 4 is 50.4 Å². The third kappa shape index (κ3) is 3.76. The number of hydrogen-bond donors (Lipinski definition) is 1. The van der Waals surface area contributed by atoms with Crippen LogP contribution in [0.1, 0.15) is 37.2 Å². The number of amides is 1. The molecule has 0 aliphatic carbocycles. The number of anilines is 1. The van der Waals surface area contributed by atoms with Crippen molar-refractivity contribution in [3.8, 4) is 0 Å². The lowest BCUT2D eigenvalue weighted by atomic mass is 10.1. The number of fused-ring (bicyclic) bond motifs is 3. The summed E-state index contributed by atoms with van der Waals surface area (Å²) in [6.07, 6.45) is 1.51. The summed E-state index contributed by atoms with van der Waals surface area (Å²) < 4.78 is 3.39. The summed E-state index contributed by atoms with van der Waals surface area (Å²) in [4.78, 5) is 13.0. The number of thiophene rings is 1. The van der Waals surface area contributed by atoms with Gasteiger partial charge in [0, 0.05) is 12.1 Å². The number of carbonyl (C=O) groups is 1. The molecule has 4 aromatic rings. The molecule has 0 bridgehead atoms. The molecule has 0 saturated heterocycles. The standard InChI is InChI=1S/C22H24N4OS2/c1-5-18(21(27)23-15-11-13(3)7-8-14(15)4)29-22-17-12-19-16(9-10-28-19)26(17)20(6-2)24-25-22/h7-12,18H,5-6H2,1-4H3,(H,23,27). The van der Waals surface area contributed by atoms with Gasteiger partial charge in [0.15, 0.2) is 0 Å². The third-order valence-electron chi connectivity index (χ3n) is 5.04. The van der Waals surface area contributed by atoms with Gasteiger partial charge in [-0.3, -0.25) is 9.20 Å². The maximum Gasteiger partial charge on any atom is 0.237 e. The highest BCUT2D eigenvalue weighted by Crippen LogP contribution is 2.34. The molecule has 0 saturated carbocycles. The third-order valence-corrected chi connectivity index (χ3v) is 7.24. The van der Waals surface area contributed by atoms with E-state index in [1.165, 1.54) is 16.5 Å². The fourth-order valence-electron chi connectivity index (χ4n) is 3.41. The molecule has 0 radical (unpaired) electrons. The summed E-state index contributed by atoms with van der Waals surface area (Å²) in [5.41, 5.74) is 5.25. The van der Waals surface area contributed by atoms with Crippen molar-refractivity contribution in [1.29, 1.82) is 0 Å². The molecule has 1 unspecified atom stereocenters. The zero-order chi connectivity index (χ0) is 20.5. The second kappa shape index (κ2) is 8.16. The van der Waals surface area contributed by atoms with Crippen molar-refractivity contribution in [2.75, 3.05) is 5.32 Å². The summed E-state index contributed by atoms with van der Waals surface area (Å²) >= 11 is 3.20. The Morgan fingerprint density at radius 1 is 1.17 bits per heavy atom. The van der Waals surface area contributed by atoms with Crippen molar-refractivity contribution in [1.82, 2.24) is 14.6 Å². The molecule has 150 valence electrons. The van der Waals surface area contributed by atoms with E-state index in [2.05, 4.69) is 50.4 Å². The van der Waals surface area contributed by atoms with Crippen molar-refractivity contribution in [2.24, 2.45) is 0 Å². The average molecular weight is 425 g/mol. The van der Waals surface area contributed by atoms with E-state index in [0.29, 0.717) is 6.42 Å². The van der Waals surface area contributed by atoms with Crippen LogP contribution in [-0.4, -0.2) is 25.8 Å². The van der Waals surface area contributed by atoms with Gasteiger partial charge in [-0.25, -0.2) is 0 Å². The van der Waals surface area contributed by atoms with E-state index in [4.69, 9.17) is 0 Å². The Kier molecular flexibility index (Phi) is 5.61. The van der Waals surface area contributed by atoms with Crippen LogP contribution in [0.15, 0.2) is 40.7 Å². The summed E-state index contributed by atoms with van der Waals surface area (Å²) in [6, 6.07) is 10.4. The monoisotopic (exact) mass is 424 g/mol. The van der Waals surface area contributed by atoms with E-state index in [9.17, 15) is 4.79 Å². The SMILES string of the molecule is CCc1nnc(SC(CC)C(=O)Nc2cc(C)ccc2C)c2cc3sccc3n12. The molecule has 29 heavy (non-hydrogen) atoms. The molecular formula is C22H24N4OS2. The van der Waals surface area contributed by atoms with Gasteiger partial charge in [0.25, 0.3) is 0 Å². The Hall–Kier alpha value is -2.38. The molecule has 0 aliphatic heterocycles. The number of rotatable bonds is 6. The van der Waals surface area contributed by atoms with Crippen molar-refractivity contribution < 1.29 is 4.79 Å². The minimum atomic E-state index is -0.242. The van der Waals surface area contributed by atoms with Crippen LogP contribution in [-0.2, 0) is 11.2 Å². The Morgan fingerprint density at radius 3 is 2.76 bits per heavy atom. The zero-order valence-corrected chi connectivity index (χ0v) is 18.7. The van der Waals surface area contributed by atoms with Crippen molar-refractivity contribution in [3.63, 3.8) is 0 Å². The molecule has 3 heterocycles. The van der Waals surface area contributed by atoms with E-state index in [1.54, 1.807) is 11.3 Å². The molecule has 4 rings (SSSR count). The molecule has 1 aromatic carbocycles. The van der Waals surface area contributed by atoms with Gasteiger partial charge in [-0.1, -0.05) is 37.7 Å². The van der Waals surface area contributed by atoms with Crippen LogP contribution in [0.2, 0.25) is 0 Å². The van der Waals surface area contributed by atoms with Gasteiger partial charge in [0.05, 0.1) is 21.0 Å². The van der Waals surface area contributed by atoms with Gasteiger partial charge < -0.3 is 5.32 Å². The van der Waals surface area contributed by atoms with E-state index < -0.39 is 0 Å². The molecule has 3 aromatic heterocycles. The summed E-state index contributed by atoms with van der Waals surface area (Å²) in [6.45, 7) is 8.15. The number of nitrogens with one attached hydrogen (secondary N) is 1. The minimum absolute atomic E-state index is 0.000846. The Labute approximate surface area is 178 Å². The predicted molar refractivity (Wildman–Crippen MR) is 122 cm³/mol. The van der Waals surface area contributed by atoms with Crippen LogP contribution < -0.4 is 5.32 Å². The van der Waals surface area contributed by atoms with Crippen LogP contribution in [0.25, 0.3) is 15.7 Å². The van der Waals surface area contributed by atoms with Gasteiger partial charge in [0.1, 0.15) is 10.9 Å². The Balaban J connectivity index is 1.65. The highest BCUT2D eigenvalue weighted by molar-refractivity contribution is 8.00. The maximum atomic E-state index is 13.0. The lowest BCUT2D eigenvalue weighted by molar-refractivity contribution is -0.115. The van der Waals surface area contributed by atoms with Crippen LogP contribution in [0.5, 0.6) is 0 Å². The van der Waals surface area contributed by atoms with Gasteiger partial charge in [0.2, 0.25) is 5.91 Å². The number of thioether (sulfide) groups is 1. The van der Waals surface area contributed by atoms with Crippen molar-refractivity contribution in [2.45, 2.75) is 50.8 Å². The highest BCUT2D eigenvalue weighted by atomic mass is 32.2. The maximum absolute atomic E-state index is 13.0. The zero-order valence-electron chi connectivity index (χ0n) is 17.0. The fraction of sp³-hybridized carbons (Fsp3) is 0.318. The van der Waals surface area contributed by atoms with Crippen LogP contribution in [0, 0.1) is 13.8 Å². The second-order valence-electron chi connectivity index (χ2n) is 7.13. The number of carbonyl (C=O) groups excluding carboxylic acids is 1. The van der Waals surface area contributed by atoms with Crippen LogP contribution in [0.3, 0.4) is 0 Å². The van der Waals surface area contributed by atoms with Crippen LogP contribution in [0.4, 0.5) is 5.69 Å². The minimum Gasteiger partial charge on any atom is -0.325 e. The largest absolute Gasteiger partial charge is 0.325 e. The van der Waals surface area contributed by atoms with Gasteiger partial charge in [-0.05, 0) is 55.0 Å². The normalized spacial score (nSPS) is 12.6. The molecule has 0 fully saturated rings. The predicted octanol–water partition coefficient (Wildman–Crippen LogP) is 5.63. The van der Waals surface area contributed by atoms with E-state index in [0.717, 1.165) is 45.1 Å². The number of nitrogens with zero attached hydrogens (tertiary/aromatic N) is 3. The summed E-state index contributed by atoms with van der Waals surface area (Å²) in [5, 5.41) is 14.7. The molecule has 1 amide bonds. The van der Waals surface area contributed by atoms with Crippen LogP contribution >= 0.6 is 23.1 Å². The fourth-order valence-corrected chi connectivity index (χ4v) is 5.18. The highest BCUT2D eigenvalue weighted by Gasteiger charge is 2.22. The first kappa shape index (κ1) is 19.9. The summed E-state index contributed by atoms with van der Waals surface area (Å²) in [7, 11) is 0. The molecule has 0 spiro atoms. The quantitative estimate of drug-likeness (QED) is 0.407. The van der Waals surface area contributed by atoms with E-state index in [1.807, 2.05) is 32.9 Å². The summed E-state index contributed by atoms with van der Waals surface area (Å²) in [5.74, 6) is 0.935. The second-order valence-corrected chi connectivity index (χ2v) is 9.27. The number of hydrogen-bond acceptors (Lipinski definition) is 5. The average Bonchev–Trinajstić information content (AvgIpc) is 3.30. The van der Waals surface area contributed by atoms with E-state index >= 15 is 0 Å². The Morgan fingerprint density at radius 2 is 2.00 bits per heavy atom. The molecule has 0 aliphatic rings. The lowest BCUT2D eigenvalue weighted by Crippen LogP contribution is -2.25. The number of aromatic nitrogens is 3. The number of benzene rings is 1. The first-order valence-corrected chi connectivity index (χ1v) is 11.6. The van der Waals surface area contributed by atoms with Gasteiger partial charge in [-0.15, -0.1) is 21.5 Å². The molecule has 7 heteroatoms. The topological polar surface area (TPSA) is 59.3 Å². The van der Waals surface area contributed by atoms with E-state index in [-0.39, 0.29) is 11.2 Å². The smallest absolute Gasteiger partial charge is 0.237 e. The van der Waals surface area contributed by atoms with Gasteiger partial charge >= 0.3 is 0 Å².